The van der Waals surface area contributed by atoms with Gasteiger partial charge in [-0.3, -0.25) is 4.68 Å². The number of aliphatic hydroxyl groups excluding tert-OH is 1. The topological polar surface area (TPSA) is 80.5 Å². The van der Waals surface area contributed by atoms with Gasteiger partial charge >= 0.3 is 6.09 Å². The molecule has 1 N–H and O–H groups in total. The van der Waals surface area contributed by atoms with Crippen molar-refractivity contribution in [3.63, 3.8) is 0 Å². The van der Waals surface area contributed by atoms with E-state index in [0.29, 0.717) is 18.8 Å². The van der Waals surface area contributed by atoms with Crippen LogP contribution in [0.3, 0.4) is 0 Å². The van der Waals surface area contributed by atoms with Gasteiger partial charge in [-0.2, -0.15) is 5.10 Å². The van der Waals surface area contributed by atoms with Crippen LogP contribution < -0.4 is 0 Å². The van der Waals surface area contributed by atoms with Crippen LogP contribution in [0.2, 0.25) is 0 Å². The number of amides is 1. The summed E-state index contributed by atoms with van der Waals surface area (Å²) in [6.07, 6.45) is 1.56. The molecule has 7 heteroatoms. The van der Waals surface area contributed by atoms with Gasteiger partial charge in [0, 0.05) is 13.1 Å². The fourth-order valence-corrected chi connectivity index (χ4v) is 2.34. The number of likely N-dealkylation sites (tertiary alicyclic amines) is 1. The average Bonchev–Trinajstić information content (AvgIpc) is 2.76. The maximum atomic E-state index is 11.9. The molecule has 0 aliphatic carbocycles. The summed E-state index contributed by atoms with van der Waals surface area (Å²) < 4.78 is 7.17. The van der Waals surface area contributed by atoms with Crippen LogP contribution in [-0.2, 0) is 11.3 Å². The van der Waals surface area contributed by atoms with Crippen LogP contribution in [0, 0.1) is 0 Å². The zero-order chi connectivity index (χ0) is 15.9. The van der Waals surface area contributed by atoms with E-state index < -0.39 is 5.60 Å². The Bertz CT molecular complexity index is 698. The molecule has 0 unspecified atom stereocenters. The molecule has 1 aliphatic rings. The highest BCUT2D eigenvalue weighted by molar-refractivity contribution is 5.73. The van der Waals surface area contributed by atoms with Gasteiger partial charge in [0.2, 0.25) is 0 Å². The molecule has 1 amide bonds. The number of nitrogens with zero attached hydrogens (tertiary/aromatic N) is 4. The number of carbonyl (C=O) groups is 1. The molecule has 1 saturated heterocycles. The van der Waals surface area contributed by atoms with E-state index in [0.717, 1.165) is 11.0 Å². The largest absolute Gasteiger partial charge is 0.444 e. The zero-order valence-electron chi connectivity index (χ0n) is 13.0. The van der Waals surface area contributed by atoms with Crippen molar-refractivity contribution in [2.24, 2.45) is 0 Å². The number of pyridine rings is 1. The fourth-order valence-electron chi connectivity index (χ4n) is 2.34. The van der Waals surface area contributed by atoms with Crippen LogP contribution >= 0.6 is 0 Å². The van der Waals surface area contributed by atoms with Gasteiger partial charge in [0.15, 0.2) is 0 Å². The zero-order valence-corrected chi connectivity index (χ0v) is 13.0. The molecule has 22 heavy (non-hydrogen) atoms. The SMILES string of the molecule is CC(C)(C)OC(=O)N1CC(n2cc3nc(CO)ccc3n2)C1. The van der Waals surface area contributed by atoms with Crippen molar-refractivity contribution < 1.29 is 14.6 Å². The number of fused-ring (bicyclic) bond motifs is 1. The Morgan fingerprint density at radius 3 is 2.73 bits per heavy atom. The quantitative estimate of drug-likeness (QED) is 0.913. The van der Waals surface area contributed by atoms with Crippen LogP contribution in [0.15, 0.2) is 18.3 Å². The van der Waals surface area contributed by atoms with Crippen molar-refractivity contribution in [3.8, 4) is 0 Å². The van der Waals surface area contributed by atoms with E-state index in [1.807, 2.05) is 37.7 Å². The molecule has 0 spiro atoms. The summed E-state index contributed by atoms with van der Waals surface area (Å²) in [6.45, 7) is 6.63. The molecule has 1 aliphatic heterocycles. The third-order valence-corrected chi connectivity index (χ3v) is 3.49. The van der Waals surface area contributed by atoms with Gasteiger partial charge in [-0.1, -0.05) is 0 Å². The van der Waals surface area contributed by atoms with Crippen molar-refractivity contribution in [1.82, 2.24) is 19.7 Å². The van der Waals surface area contributed by atoms with Crippen LogP contribution in [-0.4, -0.2) is 49.6 Å². The van der Waals surface area contributed by atoms with Crippen molar-refractivity contribution >= 4 is 17.1 Å². The summed E-state index contributed by atoms with van der Waals surface area (Å²) in [5.41, 5.74) is 1.68. The van der Waals surface area contributed by atoms with Crippen LogP contribution in [0.25, 0.3) is 11.0 Å². The molecule has 0 saturated carbocycles. The predicted octanol–water partition coefficient (Wildman–Crippen LogP) is 1.72. The minimum absolute atomic E-state index is 0.0863. The Balaban J connectivity index is 1.66. The molecular weight excluding hydrogens is 284 g/mol. The minimum atomic E-state index is -0.479. The van der Waals surface area contributed by atoms with Gasteiger partial charge in [-0.25, -0.2) is 9.78 Å². The highest BCUT2D eigenvalue weighted by Gasteiger charge is 2.35. The molecular formula is C15H20N4O3. The van der Waals surface area contributed by atoms with Crippen LogP contribution in [0.5, 0.6) is 0 Å². The maximum absolute atomic E-state index is 11.9. The maximum Gasteiger partial charge on any atom is 0.410 e. The number of aromatic nitrogens is 3. The van der Waals surface area contributed by atoms with E-state index in [1.165, 1.54) is 0 Å². The number of hydrogen-bond donors (Lipinski definition) is 1. The van der Waals surface area contributed by atoms with Crippen LogP contribution in [0.1, 0.15) is 32.5 Å². The first-order valence-corrected chi connectivity index (χ1v) is 7.29. The van der Waals surface area contributed by atoms with Gasteiger partial charge in [-0.05, 0) is 32.9 Å². The summed E-state index contributed by atoms with van der Waals surface area (Å²) in [7, 11) is 0. The molecule has 1 fully saturated rings. The first-order chi connectivity index (χ1) is 10.4. The standard InChI is InChI=1S/C15H20N4O3/c1-15(2,3)22-14(21)18-6-11(7-18)19-8-13-12(17-19)5-4-10(9-20)16-13/h4-5,8,11,20H,6-7,9H2,1-3H3. The van der Waals surface area contributed by atoms with Crippen LogP contribution in [0.4, 0.5) is 4.79 Å². The molecule has 3 heterocycles. The molecule has 2 aromatic heterocycles. The second-order valence-electron chi connectivity index (χ2n) is 6.51. The smallest absolute Gasteiger partial charge is 0.410 e. The molecule has 7 nitrogen and oxygen atoms in total. The summed E-state index contributed by atoms with van der Waals surface area (Å²) in [6, 6.07) is 3.74. The fraction of sp³-hybridized carbons (Fsp3) is 0.533. The van der Waals surface area contributed by atoms with E-state index in [4.69, 9.17) is 9.84 Å². The van der Waals surface area contributed by atoms with Gasteiger partial charge in [0.25, 0.3) is 0 Å². The Labute approximate surface area is 128 Å². The Kier molecular flexibility index (Phi) is 3.52. The van der Waals surface area contributed by atoms with E-state index in [2.05, 4.69) is 10.1 Å². The molecule has 0 bridgehead atoms. The molecule has 0 aromatic carbocycles. The number of hydrogen-bond acceptors (Lipinski definition) is 5. The highest BCUT2D eigenvalue weighted by Crippen LogP contribution is 2.24. The van der Waals surface area contributed by atoms with Crippen molar-refractivity contribution in [2.45, 2.75) is 39.0 Å². The number of rotatable bonds is 2. The number of aliphatic hydroxyl groups is 1. The Morgan fingerprint density at radius 1 is 1.36 bits per heavy atom. The summed E-state index contributed by atoms with van der Waals surface area (Å²) in [5, 5.41) is 13.6. The lowest BCUT2D eigenvalue weighted by atomic mass is 10.1. The van der Waals surface area contributed by atoms with Gasteiger partial charge < -0.3 is 14.7 Å². The normalized spacial score (nSPS) is 15.9. The Hall–Kier alpha value is -2.15. The third-order valence-electron chi connectivity index (χ3n) is 3.49. The first-order valence-electron chi connectivity index (χ1n) is 7.29. The minimum Gasteiger partial charge on any atom is -0.444 e. The first kappa shape index (κ1) is 14.8. The second kappa shape index (κ2) is 5.24. The average molecular weight is 304 g/mol. The summed E-state index contributed by atoms with van der Waals surface area (Å²) in [5.74, 6) is 0. The third kappa shape index (κ3) is 2.89. The summed E-state index contributed by atoms with van der Waals surface area (Å²) >= 11 is 0. The van der Waals surface area contributed by atoms with Crippen molar-refractivity contribution in [3.05, 3.63) is 24.0 Å². The van der Waals surface area contributed by atoms with Crippen molar-refractivity contribution in [2.75, 3.05) is 13.1 Å². The molecule has 0 radical (unpaired) electrons. The molecule has 3 rings (SSSR count). The molecule has 2 aromatic rings. The lowest BCUT2D eigenvalue weighted by Gasteiger charge is -2.39. The Morgan fingerprint density at radius 2 is 2.09 bits per heavy atom. The van der Waals surface area contributed by atoms with E-state index in [1.54, 1.807) is 11.0 Å². The highest BCUT2D eigenvalue weighted by atomic mass is 16.6. The van der Waals surface area contributed by atoms with Gasteiger partial charge in [-0.15, -0.1) is 0 Å². The predicted molar refractivity (Wildman–Crippen MR) is 80.3 cm³/mol. The molecule has 118 valence electrons. The summed E-state index contributed by atoms with van der Waals surface area (Å²) in [4.78, 5) is 17.9. The van der Waals surface area contributed by atoms with Gasteiger partial charge in [0.1, 0.15) is 16.6 Å². The molecule has 0 atom stereocenters. The number of ether oxygens (including phenoxy) is 1. The van der Waals surface area contributed by atoms with Gasteiger partial charge in [0.05, 0.1) is 24.5 Å². The number of carbonyl (C=O) groups excluding carboxylic acids is 1. The van der Waals surface area contributed by atoms with E-state index >= 15 is 0 Å². The monoisotopic (exact) mass is 304 g/mol. The van der Waals surface area contributed by atoms with E-state index in [9.17, 15) is 4.79 Å². The lowest BCUT2D eigenvalue weighted by molar-refractivity contribution is -0.000295. The van der Waals surface area contributed by atoms with E-state index in [-0.39, 0.29) is 18.7 Å². The lowest BCUT2D eigenvalue weighted by Crippen LogP contribution is -2.52. The second-order valence-corrected chi connectivity index (χ2v) is 6.51. The van der Waals surface area contributed by atoms with Crippen molar-refractivity contribution in [1.29, 1.82) is 0 Å².